The quantitative estimate of drug-likeness (QED) is 0.196. The summed E-state index contributed by atoms with van der Waals surface area (Å²) in [7, 11) is 0. The van der Waals surface area contributed by atoms with Crippen molar-refractivity contribution in [3.05, 3.63) is 209 Å². The number of aliphatic imine (C=N–C) groups is 4. The van der Waals surface area contributed by atoms with Gasteiger partial charge in [0.1, 0.15) is 0 Å². The summed E-state index contributed by atoms with van der Waals surface area (Å²) >= 11 is 15.6. The lowest BCUT2D eigenvalue weighted by Gasteiger charge is -2.19. The minimum Gasteiger partial charge on any atom is -0.249 e. The van der Waals surface area contributed by atoms with Crippen LogP contribution in [-0.4, -0.2) is 22.8 Å². The molecule has 5 heterocycles. The van der Waals surface area contributed by atoms with Crippen molar-refractivity contribution in [3.63, 3.8) is 0 Å². The van der Waals surface area contributed by atoms with Crippen molar-refractivity contribution in [1.82, 2.24) is 0 Å². The van der Waals surface area contributed by atoms with Crippen LogP contribution in [-0.2, 0) is 0 Å². The Hall–Kier alpha value is -4.60. The van der Waals surface area contributed by atoms with Crippen LogP contribution in [0.5, 0.6) is 0 Å². The molecular weight excluding hydrogens is 904 g/mol. The second-order valence-corrected chi connectivity index (χ2v) is 15.8. The van der Waals surface area contributed by atoms with Crippen LogP contribution in [0.15, 0.2) is 206 Å². The van der Waals surface area contributed by atoms with Crippen LogP contribution < -0.4 is 0 Å². The molecule has 0 fully saturated rings. The Kier molecular flexibility index (Phi) is 8.79. The normalized spacial score (nSPS) is 17.5. The molecule has 4 aromatic rings. The summed E-state index contributed by atoms with van der Waals surface area (Å²) in [6.45, 7) is 0. The third kappa shape index (κ3) is 6.07. The lowest BCUT2D eigenvalue weighted by Crippen LogP contribution is -2.08. The molecule has 8 bridgehead atoms. The van der Waals surface area contributed by atoms with E-state index in [9.17, 15) is 0 Å². The SMILES string of the molecule is Brc1ccccc1C1=CC2=CC3=NC(=CC4=NC(=CC5=NC(=C(c6ccccc6Br)C1=N2)C(c1ccccc1Br)=C5c1ccccc1Br)C=C4)C=C3. The Morgan fingerprint density at radius 3 is 1.38 bits per heavy atom. The largest absolute Gasteiger partial charge is 0.249 e. The lowest BCUT2D eigenvalue weighted by atomic mass is 9.86. The third-order valence-electron chi connectivity index (χ3n) is 9.07. The number of allylic oxidation sites excluding steroid dienone is 12. The molecule has 0 saturated heterocycles. The van der Waals surface area contributed by atoms with Crippen LogP contribution in [0.25, 0.3) is 22.3 Å². The molecule has 0 atom stereocenters. The Labute approximate surface area is 334 Å². The van der Waals surface area contributed by atoms with Gasteiger partial charge in [0.2, 0.25) is 0 Å². The van der Waals surface area contributed by atoms with Gasteiger partial charge in [-0.2, -0.15) is 0 Å². The first kappa shape index (κ1) is 33.3. The predicted molar refractivity (Wildman–Crippen MR) is 231 cm³/mol. The number of fused-ring (bicyclic) bond motifs is 4. The van der Waals surface area contributed by atoms with E-state index >= 15 is 0 Å². The first-order valence-electron chi connectivity index (χ1n) is 16.5. The highest BCUT2D eigenvalue weighted by Crippen LogP contribution is 2.49. The molecule has 4 nitrogen and oxygen atoms in total. The van der Waals surface area contributed by atoms with E-state index in [1.165, 1.54) is 0 Å². The molecular formula is C44H24Br4N4. The monoisotopic (exact) mass is 924 g/mol. The number of rotatable bonds is 4. The van der Waals surface area contributed by atoms with Crippen molar-refractivity contribution < 1.29 is 0 Å². The molecule has 8 heteroatoms. The Morgan fingerprint density at radius 1 is 0.365 bits per heavy atom. The second-order valence-electron chi connectivity index (χ2n) is 12.4. The van der Waals surface area contributed by atoms with Gasteiger partial charge in [-0.3, -0.25) is 0 Å². The average molecular weight is 928 g/mol. The van der Waals surface area contributed by atoms with Crippen LogP contribution >= 0.6 is 63.7 Å². The summed E-state index contributed by atoms with van der Waals surface area (Å²) in [5, 5.41) is 0. The fourth-order valence-electron chi connectivity index (χ4n) is 6.80. The first-order valence-corrected chi connectivity index (χ1v) is 19.7. The molecule has 5 aliphatic heterocycles. The topological polar surface area (TPSA) is 49.4 Å². The van der Waals surface area contributed by atoms with Crippen LogP contribution in [0.4, 0.5) is 0 Å². The molecule has 52 heavy (non-hydrogen) atoms. The summed E-state index contributed by atoms with van der Waals surface area (Å²) in [5.41, 5.74) is 14.3. The van der Waals surface area contributed by atoms with E-state index in [1.807, 2.05) is 60.7 Å². The zero-order valence-corrected chi connectivity index (χ0v) is 33.5. The lowest BCUT2D eigenvalue weighted by molar-refractivity contribution is 1.40. The van der Waals surface area contributed by atoms with Crippen LogP contribution in [0, 0.1) is 0 Å². The number of nitrogens with zero attached hydrogens (tertiary/aromatic N) is 4. The van der Waals surface area contributed by atoms with Crippen molar-refractivity contribution in [2.75, 3.05) is 0 Å². The molecule has 248 valence electrons. The van der Waals surface area contributed by atoms with Gasteiger partial charge in [-0.25, -0.2) is 20.0 Å². The summed E-state index contributed by atoms with van der Waals surface area (Å²) in [6.07, 6.45) is 16.3. The summed E-state index contributed by atoms with van der Waals surface area (Å²) in [5.74, 6) is 0. The molecule has 0 radical (unpaired) electrons. The predicted octanol–water partition coefficient (Wildman–Crippen LogP) is 12.7. The molecule has 0 unspecified atom stereocenters. The maximum atomic E-state index is 5.63. The maximum Gasteiger partial charge on any atom is 0.0823 e. The van der Waals surface area contributed by atoms with E-state index < -0.39 is 0 Å². The van der Waals surface area contributed by atoms with E-state index in [1.54, 1.807) is 0 Å². The Morgan fingerprint density at radius 2 is 0.827 bits per heavy atom. The van der Waals surface area contributed by atoms with Crippen molar-refractivity contribution in [3.8, 4) is 0 Å². The average Bonchev–Trinajstić information content (AvgIpc) is 3.95. The molecule has 5 aliphatic rings. The number of hydrogen-bond donors (Lipinski definition) is 0. The molecule has 9 rings (SSSR count). The third-order valence-corrected chi connectivity index (χ3v) is 11.8. The fraction of sp³-hybridized carbons (Fsp3) is 0. The van der Waals surface area contributed by atoms with E-state index in [0.717, 1.165) is 108 Å². The molecule has 0 aliphatic carbocycles. The van der Waals surface area contributed by atoms with E-state index in [0.29, 0.717) is 0 Å². The van der Waals surface area contributed by atoms with Gasteiger partial charge in [0.25, 0.3) is 0 Å². The smallest absolute Gasteiger partial charge is 0.0823 e. The Balaban J connectivity index is 1.47. The van der Waals surface area contributed by atoms with Gasteiger partial charge in [-0.15, -0.1) is 0 Å². The second kappa shape index (κ2) is 13.7. The highest BCUT2D eigenvalue weighted by atomic mass is 79.9. The van der Waals surface area contributed by atoms with Crippen molar-refractivity contribution in [1.29, 1.82) is 0 Å². The highest BCUT2D eigenvalue weighted by molar-refractivity contribution is 9.11. The van der Waals surface area contributed by atoms with Crippen LogP contribution in [0.3, 0.4) is 0 Å². The zero-order chi connectivity index (χ0) is 35.3. The summed E-state index contributed by atoms with van der Waals surface area (Å²) < 4.78 is 3.82. The minimum atomic E-state index is 0.794. The first-order chi connectivity index (χ1) is 25.4. The molecule has 0 N–H and O–H groups in total. The highest BCUT2D eigenvalue weighted by Gasteiger charge is 2.35. The molecule has 0 amide bonds. The number of hydrogen-bond acceptors (Lipinski definition) is 4. The fourth-order valence-corrected chi connectivity index (χ4v) is 8.75. The van der Waals surface area contributed by atoms with Gasteiger partial charge >= 0.3 is 0 Å². The molecule has 0 saturated carbocycles. The number of halogens is 4. The number of benzene rings is 4. The van der Waals surface area contributed by atoms with Gasteiger partial charge < -0.3 is 0 Å². The van der Waals surface area contributed by atoms with Crippen molar-refractivity contribution in [2.45, 2.75) is 0 Å². The van der Waals surface area contributed by atoms with Gasteiger partial charge in [0.15, 0.2) is 0 Å². The van der Waals surface area contributed by atoms with E-state index in [4.69, 9.17) is 20.0 Å². The van der Waals surface area contributed by atoms with Gasteiger partial charge in [-0.1, -0.05) is 137 Å². The van der Waals surface area contributed by atoms with Crippen LogP contribution in [0.1, 0.15) is 22.3 Å². The minimum absolute atomic E-state index is 0.794. The van der Waals surface area contributed by atoms with Gasteiger partial charge in [0, 0.05) is 45.7 Å². The van der Waals surface area contributed by atoms with Crippen molar-refractivity contribution >= 4 is 109 Å². The van der Waals surface area contributed by atoms with E-state index in [-0.39, 0.29) is 0 Å². The summed E-state index contributed by atoms with van der Waals surface area (Å²) in [4.78, 5) is 21.0. The molecule has 0 aromatic heterocycles. The van der Waals surface area contributed by atoms with Crippen molar-refractivity contribution in [2.24, 2.45) is 20.0 Å². The standard InChI is InChI=1S/C44H24Br4N4/c45-35-13-5-1-9-30(35)34-23-29-22-27-18-17-25(49-27)21-26-19-20-28(50-26)24-39-40(31-10-2-6-14-36(31)46)41(32-11-3-7-15-37(32)47)44(52-39)42(43(34)51-29)33-12-4-8-16-38(33)48/h1-24H. The van der Waals surface area contributed by atoms with Gasteiger partial charge in [-0.05, 0) is 89.6 Å². The van der Waals surface area contributed by atoms with E-state index in [2.05, 4.69) is 149 Å². The Bertz CT molecular complexity index is 2650. The molecule has 4 aromatic carbocycles. The maximum absolute atomic E-state index is 5.63. The molecule has 0 spiro atoms. The summed E-state index contributed by atoms with van der Waals surface area (Å²) in [6, 6.07) is 33.2. The zero-order valence-electron chi connectivity index (χ0n) is 27.2. The van der Waals surface area contributed by atoms with Crippen LogP contribution in [0.2, 0.25) is 0 Å². The van der Waals surface area contributed by atoms with Gasteiger partial charge in [0.05, 0.1) is 45.6 Å².